The summed E-state index contributed by atoms with van der Waals surface area (Å²) in [4.78, 5) is 22.1. The van der Waals surface area contributed by atoms with Crippen LogP contribution >= 0.6 is 0 Å². The Morgan fingerprint density at radius 3 is 2.61 bits per heavy atom. The lowest BCUT2D eigenvalue weighted by atomic mass is 10.1. The van der Waals surface area contributed by atoms with Crippen molar-refractivity contribution in [3.05, 3.63) is 70.0 Å². The van der Waals surface area contributed by atoms with Crippen LogP contribution in [0.25, 0.3) is 0 Å². The van der Waals surface area contributed by atoms with Gasteiger partial charge < -0.3 is 10.1 Å². The van der Waals surface area contributed by atoms with Gasteiger partial charge in [0.25, 0.3) is 5.69 Å². The lowest BCUT2D eigenvalue weighted by molar-refractivity contribution is -0.385. The van der Waals surface area contributed by atoms with Gasteiger partial charge in [0.05, 0.1) is 17.9 Å². The molecular weight excluding hydrogens is 303 g/mol. The van der Waals surface area contributed by atoms with Gasteiger partial charge in [0.1, 0.15) is 6.61 Å². The zero-order chi connectivity index (χ0) is 16.7. The van der Waals surface area contributed by atoms with E-state index in [-0.39, 0.29) is 36.9 Å². The number of ether oxygens (including phenoxy) is 1. The number of halogens is 1. The van der Waals surface area contributed by atoms with Gasteiger partial charge in [-0.3, -0.25) is 14.9 Å². The molecule has 0 unspecified atom stereocenters. The lowest BCUT2D eigenvalue weighted by Crippen LogP contribution is -2.29. The highest BCUT2D eigenvalue weighted by molar-refractivity contribution is 5.79. The molecule has 0 aromatic heterocycles. The molecule has 1 amide bonds. The molecule has 0 aliphatic heterocycles. The first-order chi connectivity index (χ1) is 11.1. The maximum Gasteiger partial charge on any atom is 0.273 e. The summed E-state index contributed by atoms with van der Waals surface area (Å²) in [6, 6.07) is 12.0. The third-order valence-electron chi connectivity index (χ3n) is 3.06. The van der Waals surface area contributed by atoms with Crippen molar-refractivity contribution < 1.29 is 18.8 Å². The number of carbonyl (C=O) groups excluding carboxylic acids is 1. The maximum absolute atomic E-state index is 13.3. The molecule has 0 bridgehead atoms. The minimum absolute atomic E-state index is 0.0924. The number of amides is 1. The summed E-state index contributed by atoms with van der Waals surface area (Å²) in [7, 11) is 0. The summed E-state index contributed by atoms with van der Waals surface area (Å²) in [5.74, 6) is -0.726. The Hall–Kier alpha value is -2.96. The van der Waals surface area contributed by atoms with Crippen molar-refractivity contribution in [2.24, 2.45) is 0 Å². The van der Waals surface area contributed by atoms with Crippen LogP contribution in [-0.2, 0) is 11.2 Å². The molecule has 6 nitrogen and oxygen atoms in total. The third kappa shape index (κ3) is 4.77. The number of para-hydroxylation sites is 2. The van der Waals surface area contributed by atoms with Crippen LogP contribution in [0.1, 0.15) is 5.56 Å². The molecule has 120 valence electrons. The van der Waals surface area contributed by atoms with Gasteiger partial charge in [0.15, 0.2) is 11.6 Å². The molecule has 0 saturated carbocycles. The van der Waals surface area contributed by atoms with E-state index in [2.05, 4.69) is 5.32 Å². The quantitative estimate of drug-likeness (QED) is 0.483. The van der Waals surface area contributed by atoms with Crippen molar-refractivity contribution in [1.29, 1.82) is 0 Å². The molecule has 0 radical (unpaired) electrons. The molecule has 2 rings (SSSR count). The lowest BCUT2D eigenvalue weighted by Gasteiger charge is -2.08. The Morgan fingerprint density at radius 1 is 1.17 bits per heavy atom. The standard InChI is InChI=1S/C16H15FN2O4/c17-13-6-2-4-8-15(13)23-10-9-18-16(20)11-12-5-1-3-7-14(12)19(21)22/h1-8H,9-11H2,(H,18,20). The van der Waals surface area contributed by atoms with Crippen LogP contribution in [0.3, 0.4) is 0 Å². The predicted molar refractivity (Wildman–Crippen MR) is 81.7 cm³/mol. The van der Waals surface area contributed by atoms with Crippen molar-refractivity contribution in [2.45, 2.75) is 6.42 Å². The van der Waals surface area contributed by atoms with E-state index in [9.17, 15) is 19.3 Å². The fraction of sp³-hybridized carbons (Fsp3) is 0.188. The number of rotatable bonds is 7. The monoisotopic (exact) mass is 318 g/mol. The number of carbonyl (C=O) groups is 1. The van der Waals surface area contributed by atoms with Gasteiger partial charge in [-0.25, -0.2) is 4.39 Å². The van der Waals surface area contributed by atoms with Crippen LogP contribution in [0.5, 0.6) is 5.75 Å². The Morgan fingerprint density at radius 2 is 1.87 bits per heavy atom. The van der Waals surface area contributed by atoms with E-state index < -0.39 is 10.7 Å². The number of nitro benzene ring substituents is 1. The molecule has 0 fully saturated rings. The highest BCUT2D eigenvalue weighted by atomic mass is 19.1. The van der Waals surface area contributed by atoms with Gasteiger partial charge in [0.2, 0.25) is 5.91 Å². The first-order valence-electron chi connectivity index (χ1n) is 6.94. The van der Waals surface area contributed by atoms with Crippen LogP contribution in [0.15, 0.2) is 48.5 Å². The summed E-state index contributed by atoms with van der Waals surface area (Å²) in [6.07, 6.45) is -0.100. The number of nitrogens with zero attached hydrogens (tertiary/aromatic N) is 1. The average molecular weight is 318 g/mol. The fourth-order valence-corrected chi connectivity index (χ4v) is 1.99. The van der Waals surface area contributed by atoms with E-state index in [0.717, 1.165) is 0 Å². The van der Waals surface area contributed by atoms with E-state index in [1.807, 2.05) is 0 Å². The van der Waals surface area contributed by atoms with Crippen LogP contribution in [0.4, 0.5) is 10.1 Å². The summed E-state index contributed by atoms with van der Waals surface area (Å²) in [5, 5.41) is 13.4. The van der Waals surface area contributed by atoms with Crippen molar-refractivity contribution in [1.82, 2.24) is 5.32 Å². The molecule has 2 aromatic carbocycles. The van der Waals surface area contributed by atoms with Gasteiger partial charge in [-0.1, -0.05) is 30.3 Å². The number of nitro groups is 1. The van der Waals surface area contributed by atoms with Gasteiger partial charge in [0, 0.05) is 11.6 Å². The first kappa shape index (κ1) is 16.4. The summed E-state index contributed by atoms with van der Waals surface area (Å²) in [5.41, 5.74) is 0.246. The molecule has 1 N–H and O–H groups in total. The van der Waals surface area contributed by atoms with E-state index in [1.165, 1.54) is 24.3 Å². The Balaban J connectivity index is 1.80. The van der Waals surface area contributed by atoms with E-state index in [0.29, 0.717) is 5.56 Å². The molecule has 7 heteroatoms. The highest BCUT2D eigenvalue weighted by Crippen LogP contribution is 2.18. The van der Waals surface area contributed by atoms with Gasteiger partial charge in [-0.05, 0) is 12.1 Å². The van der Waals surface area contributed by atoms with Gasteiger partial charge in [-0.2, -0.15) is 0 Å². The highest BCUT2D eigenvalue weighted by Gasteiger charge is 2.15. The summed E-state index contributed by atoms with van der Waals surface area (Å²) < 4.78 is 18.5. The number of hydrogen-bond donors (Lipinski definition) is 1. The van der Waals surface area contributed by atoms with Crippen LogP contribution in [0, 0.1) is 15.9 Å². The Bertz CT molecular complexity index is 706. The predicted octanol–water partition coefficient (Wildman–Crippen LogP) is 2.47. The molecule has 0 atom stereocenters. The molecular formula is C16H15FN2O4. The molecule has 0 spiro atoms. The van der Waals surface area contributed by atoms with Gasteiger partial charge >= 0.3 is 0 Å². The molecule has 0 aliphatic rings. The van der Waals surface area contributed by atoms with Gasteiger partial charge in [-0.15, -0.1) is 0 Å². The zero-order valence-corrected chi connectivity index (χ0v) is 12.2. The summed E-state index contributed by atoms with van der Waals surface area (Å²) in [6.45, 7) is 0.275. The van der Waals surface area contributed by atoms with E-state index in [1.54, 1.807) is 24.3 Å². The minimum Gasteiger partial charge on any atom is -0.489 e. The largest absolute Gasteiger partial charge is 0.489 e. The Labute approximate surface area is 132 Å². The van der Waals surface area contributed by atoms with Crippen molar-refractivity contribution in [3.63, 3.8) is 0 Å². The smallest absolute Gasteiger partial charge is 0.273 e. The van der Waals surface area contributed by atoms with Crippen LogP contribution < -0.4 is 10.1 Å². The number of benzene rings is 2. The first-order valence-corrected chi connectivity index (χ1v) is 6.94. The second-order valence-electron chi connectivity index (χ2n) is 4.69. The number of hydrogen-bond acceptors (Lipinski definition) is 4. The van der Waals surface area contributed by atoms with Crippen molar-refractivity contribution in [3.8, 4) is 5.75 Å². The molecule has 0 saturated heterocycles. The minimum atomic E-state index is -0.524. The normalized spacial score (nSPS) is 10.1. The van der Waals surface area contributed by atoms with E-state index >= 15 is 0 Å². The Kier molecular flexibility index (Phi) is 5.62. The van der Waals surface area contributed by atoms with Crippen LogP contribution in [-0.4, -0.2) is 24.0 Å². The average Bonchev–Trinajstić information content (AvgIpc) is 2.53. The molecule has 0 aliphatic carbocycles. The second kappa shape index (κ2) is 7.88. The van der Waals surface area contributed by atoms with E-state index in [4.69, 9.17) is 4.74 Å². The summed E-state index contributed by atoms with van der Waals surface area (Å²) >= 11 is 0. The van der Waals surface area contributed by atoms with Crippen molar-refractivity contribution >= 4 is 11.6 Å². The SMILES string of the molecule is O=C(Cc1ccccc1[N+](=O)[O-])NCCOc1ccccc1F. The second-order valence-corrected chi connectivity index (χ2v) is 4.69. The zero-order valence-electron chi connectivity index (χ0n) is 12.2. The topological polar surface area (TPSA) is 81.5 Å². The molecule has 23 heavy (non-hydrogen) atoms. The third-order valence-corrected chi connectivity index (χ3v) is 3.06. The maximum atomic E-state index is 13.3. The number of nitrogens with one attached hydrogen (secondary N) is 1. The van der Waals surface area contributed by atoms with Crippen molar-refractivity contribution in [2.75, 3.05) is 13.2 Å². The van der Waals surface area contributed by atoms with Crippen LogP contribution in [0.2, 0.25) is 0 Å². The molecule has 0 heterocycles. The molecule has 2 aromatic rings. The fourth-order valence-electron chi connectivity index (χ4n) is 1.99.